The molecular weight excluding hydrogens is 280 g/mol. The second kappa shape index (κ2) is 5.37. The molecule has 0 aliphatic rings. The highest BCUT2D eigenvalue weighted by molar-refractivity contribution is 6.05. The molecule has 1 amide bonds. The van der Waals surface area contributed by atoms with Gasteiger partial charge in [0.25, 0.3) is 11.6 Å². The zero-order valence-corrected chi connectivity index (χ0v) is 10.5. The van der Waals surface area contributed by atoms with Gasteiger partial charge in [-0.15, -0.1) is 0 Å². The number of nitro benzene ring substituents is 1. The third kappa shape index (κ3) is 3.18. The number of rotatable bonds is 3. The Labute approximate surface area is 118 Å². The molecule has 0 unspecified atom stereocenters. The van der Waals surface area contributed by atoms with Crippen molar-refractivity contribution in [2.75, 3.05) is 5.32 Å². The molecule has 0 fully saturated rings. The van der Waals surface area contributed by atoms with Gasteiger partial charge in [0.1, 0.15) is 17.2 Å². The Morgan fingerprint density at radius 2 is 1.67 bits per heavy atom. The number of phenolic OH excluding ortho intramolecular Hbond substituents is 3. The van der Waals surface area contributed by atoms with Crippen LogP contribution in [0.5, 0.6) is 17.2 Å². The highest BCUT2D eigenvalue weighted by Crippen LogP contribution is 2.29. The average Bonchev–Trinajstić information content (AvgIpc) is 2.39. The first-order valence-electron chi connectivity index (χ1n) is 5.68. The minimum Gasteiger partial charge on any atom is -0.508 e. The lowest BCUT2D eigenvalue weighted by molar-refractivity contribution is -0.384. The van der Waals surface area contributed by atoms with Crippen molar-refractivity contribution in [3.05, 3.63) is 52.1 Å². The zero-order chi connectivity index (χ0) is 15.6. The maximum Gasteiger partial charge on any atom is 0.271 e. The van der Waals surface area contributed by atoms with Crippen LogP contribution in [0.3, 0.4) is 0 Å². The maximum atomic E-state index is 11.9. The summed E-state index contributed by atoms with van der Waals surface area (Å²) in [6.45, 7) is 0. The molecule has 0 saturated heterocycles. The van der Waals surface area contributed by atoms with Gasteiger partial charge >= 0.3 is 0 Å². The number of non-ortho nitro benzene ring substituents is 1. The van der Waals surface area contributed by atoms with Crippen molar-refractivity contribution < 1.29 is 25.0 Å². The first kappa shape index (κ1) is 14.1. The molecule has 0 atom stereocenters. The van der Waals surface area contributed by atoms with E-state index in [0.29, 0.717) is 0 Å². The van der Waals surface area contributed by atoms with Gasteiger partial charge in [-0.3, -0.25) is 14.9 Å². The molecule has 8 heteroatoms. The molecule has 2 aromatic carbocycles. The van der Waals surface area contributed by atoms with Gasteiger partial charge in [0.2, 0.25) is 0 Å². The van der Waals surface area contributed by atoms with Crippen molar-refractivity contribution in [2.45, 2.75) is 0 Å². The zero-order valence-electron chi connectivity index (χ0n) is 10.5. The third-order valence-electron chi connectivity index (χ3n) is 2.60. The van der Waals surface area contributed by atoms with Crippen molar-refractivity contribution >= 4 is 17.3 Å². The van der Waals surface area contributed by atoms with Crippen LogP contribution < -0.4 is 5.32 Å². The fourth-order valence-corrected chi connectivity index (χ4v) is 1.66. The number of hydrogen-bond acceptors (Lipinski definition) is 6. The van der Waals surface area contributed by atoms with Gasteiger partial charge in [-0.25, -0.2) is 0 Å². The number of hydrogen-bond donors (Lipinski definition) is 4. The number of nitrogens with zero attached hydrogens (tertiary/aromatic N) is 1. The summed E-state index contributed by atoms with van der Waals surface area (Å²) in [5, 5.41) is 41.1. The van der Waals surface area contributed by atoms with E-state index in [2.05, 4.69) is 5.32 Å². The Balaban J connectivity index is 2.31. The largest absolute Gasteiger partial charge is 0.508 e. The normalized spacial score (nSPS) is 10.1. The summed E-state index contributed by atoms with van der Waals surface area (Å²) in [5.41, 5.74) is -0.530. The summed E-state index contributed by atoms with van der Waals surface area (Å²) >= 11 is 0. The van der Waals surface area contributed by atoms with Gasteiger partial charge in [0.05, 0.1) is 10.6 Å². The summed E-state index contributed by atoms with van der Waals surface area (Å²) in [4.78, 5) is 21.9. The van der Waals surface area contributed by atoms with Gasteiger partial charge in [-0.05, 0) is 18.2 Å². The minimum atomic E-state index is -0.753. The van der Waals surface area contributed by atoms with E-state index in [4.69, 9.17) is 0 Å². The standard InChI is InChI=1S/C13H10N2O6/c16-9-3-7(4-10(17)6-9)13(19)14-11-5-8(15(20)21)1-2-12(11)18/h1-6,16-18H,(H,14,19). The number of carbonyl (C=O) groups excluding carboxylic acids is 1. The van der Waals surface area contributed by atoms with Crippen molar-refractivity contribution in [2.24, 2.45) is 0 Å². The number of aromatic hydroxyl groups is 3. The van der Waals surface area contributed by atoms with Crippen molar-refractivity contribution in [3.63, 3.8) is 0 Å². The monoisotopic (exact) mass is 290 g/mol. The van der Waals surface area contributed by atoms with E-state index in [-0.39, 0.29) is 34.2 Å². The molecule has 2 aromatic rings. The van der Waals surface area contributed by atoms with Crippen molar-refractivity contribution in [1.82, 2.24) is 0 Å². The number of phenols is 3. The van der Waals surface area contributed by atoms with Gasteiger partial charge in [-0.2, -0.15) is 0 Å². The molecule has 21 heavy (non-hydrogen) atoms. The van der Waals surface area contributed by atoms with Crippen LogP contribution >= 0.6 is 0 Å². The molecule has 0 bridgehead atoms. The number of benzene rings is 2. The van der Waals surface area contributed by atoms with E-state index in [0.717, 1.165) is 36.4 Å². The molecule has 0 heterocycles. The molecule has 0 saturated carbocycles. The van der Waals surface area contributed by atoms with Crippen molar-refractivity contribution in [3.8, 4) is 17.2 Å². The molecule has 4 N–H and O–H groups in total. The van der Waals surface area contributed by atoms with Gasteiger partial charge in [0.15, 0.2) is 0 Å². The van der Waals surface area contributed by atoms with E-state index in [9.17, 15) is 30.2 Å². The van der Waals surface area contributed by atoms with E-state index in [1.165, 1.54) is 0 Å². The molecule has 108 valence electrons. The molecule has 0 spiro atoms. The number of nitro groups is 1. The summed E-state index contributed by atoms with van der Waals surface area (Å²) in [5.74, 6) is -1.73. The van der Waals surface area contributed by atoms with Crippen LogP contribution in [0.4, 0.5) is 11.4 Å². The lowest BCUT2D eigenvalue weighted by Gasteiger charge is -2.08. The van der Waals surface area contributed by atoms with Crippen LogP contribution in [0, 0.1) is 10.1 Å². The molecule has 2 rings (SSSR count). The SMILES string of the molecule is O=C(Nc1cc([N+](=O)[O-])ccc1O)c1cc(O)cc(O)c1. The predicted molar refractivity (Wildman–Crippen MR) is 72.5 cm³/mol. The van der Waals surface area contributed by atoms with E-state index < -0.39 is 10.8 Å². The lowest BCUT2D eigenvalue weighted by Crippen LogP contribution is -2.12. The number of anilines is 1. The highest BCUT2D eigenvalue weighted by atomic mass is 16.6. The second-order valence-electron chi connectivity index (χ2n) is 4.15. The van der Waals surface area contributed by atoms with Crippen LogP contribution in [0.2, 0.25) is 0 Å². The Morgan fingerprint density at radius 3 is 2.24 bits per heavy atom. The number of carbonyl (C=O) groups is 1. The fourth-order valence-electron chi connectivity index (χ4n) is 1.66. The highest BCUT2D eigenvalue weighted by Gasteiger charge is 2.14. The molecule has 0 aliphatic carbocycles. The summed E-state index contributed by atoms with van der Waals surface area (Å²) in [7, 11) is 0. The van der Waals surface area contributed by atoms with E-state index >= 15 is 0 Å². The molecule has 0 radical (unpaired) electrons. The molecule has 0 aliphatic heterocycles. The first-order chi connectivity index (χ1) is 9.86. The summed E-state index contributed by atoms with van der Waals surface area (Å²) < 4.78 is 0. The van der Waals surface area contributed by atoms with Crippen LogP contribution in [-0.4, -0.2) is 26.2 Å². The quantitative estimate of drug-likeness (QED) is 0.388. The smallest absolute Gasteiger partial charge is 0.271 e. The summed E-state index contributed by atoms with van der Waals surface area (Å²) in [6.07, 6.45) is 0. The predicted octanol–water partition coefficient (Wildman–Crippen LogP) is 1.96. The van der Waals surface area contributed by atoms with Gasteiger partial charge in [-0.1, -0.05) is 0 Å². The number of nitrogens with one attached hydrogen (secondary N) is 1. The average molecular weight is 290 g/mol. The van der Waals surface area contributed by atoms with E-state index in [1.807, 2.05) is 0 Å². The van der Waals surface area contributed by atoms with Crippen LogP contribution in [0.1, 0.15) is 10.4 Å². The summed E-state index contributed by atoms with van der Waals surface area (Å²) in [6, 6.07) is 6.41. The first-order valence-corrected chi connectivity index (χ1v) is 5.68. The van der Waals surface area contributed by atoms with E-state index in [1.54, 1.807) is 0 Å². The Hall–Kier alpha value is -3.29. The molecule has 8 nitrogen and oxygen atoms in total. The van der Waals surface area contributed by atoms with Crippen molar-refractivity contribution in [1.29, 1.82) is 0 Å². The van der Waals surface area contributed by atoms with Crippen LogP contribution in [0.25, 0.3) is 0 Å². The van der Waals surface area contributed by atoms with Gasteiger partial charge < -0.3 is 20.6 Å². The Kier molecular flexibility index (Phi) is 3.61. The minimum absolute atomic E-state index is 0.0709. The Bertz CT molecular complexity index is 708. The third-order valence-corrected chi connectivity index (χ3v) is 2.60. The number of amides is 1. The van der Waals surface area contributed by atoms with Gasteiger partial charge in [0, 0.05) is 23.8 Å². The topological polar surface area (TPSA) is 133 Å². The lowest BCUT2D eigenvalue weighted by atomic mass is 10.1. The Morgan fingerprint density at radius 1 is 1.05 bits per heavy atom. The maximum absolute atomic E-state index is 11.9. The molecular formula is C13H10N2O6. The second-order valence-corrected chi connectivity index (χ2v) is 4.15. The van der Waals surface area contributed by atoms with Crippen LogP contribution in [0.15, 0.2) is 36.4 Å². The molecule has 0 aromatic heterocycles. The fraction of sp³-hybridized carbons (Fsp3) is 0. The van der Waals surface area contributed by atoms with Crippen LogP contribution in [-0.2, 0) is 0 Å².